The predicted molar refractivity (Wildman–Crippen MR) is 92.1 cm³/mol. The number of benzene rings is 1. The van der Waals surface area contributed by atoms with E-state index in [2.05, 4.69) is 53.3 Å². The second-order valence-corrected chi connectivity index (χ2v) is 6.95. The molecular weight excluding hydrogens is 274 g/mol. The largest absolute Gasteiger partial charge is 0.314 e. The second kappa shape index (κ2) is 7.24. The molecular formula is C19H25NS. The standard InChI is InChI=1S/C19H25NS/c1-2-10-20-19(8-7-15-9-11-21-14-15)18-12-16-5-3-4-6-17(16)13-18/h3-6,9,11,14,18-20H,2,7-8,10,12-13H2,1H3. The van der Waals surface area contributed by atoms with Crippen molar-refractivity contribution in [3.05, 3.63) is 57.8 Å². The Kier molecular flexibility index (Phi) is 5.10. The van der Waals surface area contributed by atoms with Crippen molar-refractivity contribution in [2.45, 2.75) is 45.1 Å². The molecule has 0 spiro atoms. The van der Waals surface area contributed by atoms with Crippen LogP contribution >= 0.6 is 11.3 Å². The van der Waals surface area contributed by atoms with E-state index in [9.17, 15) is 0 Å². The van der Waals surface area contributed by atoms with Crippen LogP contribution in [0.3, 0.4) is 0 Å². The van der Waals surface area contributed by atoms with Crippen molar-refractivity contribution in [3.63, 3.8) is 0 Å². The van der Waals surface area contributed by atoms with Gasteiger partial charge in [0.05, 0.1) is 0 Å². The van der Waals surface area contributed by atoms with E-state index in [1.54, 1.807) is 11.1 Å². The van der Waals surface area contributed by atoms with Crippen LogP contribution in [0.1, 0.15) is 36.5 Å². The van der Waals surface area contributed by atoms with Gasteiger partial charge in [0.25, 0.3) is 0 Å². The van der Waals surface area contributed by atoms with E-state index in [-0.39, 0.29) is 0 Å². The molecule has 1 unspecified atom stereocenters. The lowest BCUT2D eigenvalue weighted by Crippen LogP contribution is -2.37. The zero-order valence-electron chi connectivity index (χ0n) is 12.8. The van der Waals surface area contributed by atoms with E-state index < -0.39 is 0 Å². The zero-order valence-corrected chi connectivity index (χ0v) is 13.7. The Bertz CT molecular complexity index is 521. The van der Waals surface area contributed by atoms with Gasteiger partial charge in [0.1, 0.15) is 0 Å². The summed E-state index contributed by atoms with van der Waals surface area (Å²) in [4.78, 5) is 0. The summed E-state index contributed by atoms with van der Waals surface area (Å²) in [7, 11) is 0. The Labute approximate surface area is 132 Å². The molecule has 21 heavy (non-hydrogen) atoms. The minimum absolute atomic E-state index is 0.650. The summed E-state index contributed by atoms with van der Waals surface area (Å²) in [5, 5.41) is 8.29. The molecule has 1 aliphatic carbocycles. The van der Waals surface area contributed by atoms with Gasteiger partial charge in [-0.05, 0) is 78.1 Å². The van der Waals surface area contributed by atoms with E-state index in [0.717, 1.165) is 12.5 Å². The number of hydrogen-bond donors (Lipinski definition) is 1. The number of thiophene rings is 1. The molecule has 1 heterocycles. The topological polar surface area (TPSA) is 12.0 Å². The van der Waals surface area contributed by atoms with Gasteiger partial charge in [-0.1, -0.05) is 31.2 Å². The van der Waals surface area contributed by atoms with E-state index >= 15 is 0 Å². The van der Waals surface area contributed by atoms with Gasteiger partial charge in [-0.25, -0.2) is 0 Å². The van der Waals surface area contributed by atoms with Crippen LogP contribution in [0.5, 0.6) is 0 Å². The fourth-order valence-electron chi connectivity index (χ4n) is 3.47. The van der Waals surface area contributed by atoms with Crippen molar-refractivity contribution in [3.8, 4) is 0 Å². The SMILES string of the molecule is CCCNC(CCc1ccsc1)C1Cc2ccccc2C1. The molecule has 1 nitrogen and oxygen atoms in total. The smallest absolute Gasteiger partial charge is 0.0105 e. The highest BCUT2D eigenvalue weighted by Crippen LogP contribution is 2.30. The Morgan fingerprint density at radius 3 is 2.57 bits per heavy atom. The molecule has 3 rings (SSSR count). The summed E-state index contributed by atoms with van der Waals surface area (Å²) >= 11 is 1.81. The highest BCUT2D eigenvalue weighted by Gasteiger charge is 2.27. The predicted octanol–water partition coefficient (Wildman–Crippen LogP) is 4.46. The third-order valence-electron chi connectivity index (χ3n) is 4.63. The lowest BCUT2D eigenvalue weighted by molar-refractivity contribution is 0.346. The number of fused-ring (bicyclic) bond motifs is 1. The molecule has 1 N–H and O–H groups in total. The lowest BCUT2D eigenvalue weighted by atomic mass is 9.91. The van der Waals surface area contributed by atoms with Crippen LogP contribution in [-0.2, 0) is 19.3 Å². The van der Waals surface area contributed by atoms with Crippen LogP contribution in [0, 0.1) is 5.92 Å². The van der Waals surface area contributed by atoms with E-state index in [0.29, 0.717) is 6.04 Å². The Balaban J connectivity index is 1.62. The number of hydrogen-bond acceptors (Lipinski definition) is 2. The molecule has 0 saturated heterocycles. The summed E-state index contributed by atoms with van der Waals surface area (Å²) in [6.45, 7) is 3.40. The third-order valence-corrected chi connectivity index (χ3v) is 5.36. The Morgan fingerprint density at radius 1 is 1.19 bits per heavy atom. The molecule has 1 aromatic carbocycles. The molecule has 0 amide bonds. The summed E-state index contributed by atoms with van der Waals surface area (Å²) in [6.07, 6.45) is 6.18. The molecule has 0 bridgehead atoms. The van der Waals surface area contributed by atoms with Crippen LogP contribution in [0.25, 0.3) is 0 Å². The minimum atomic E-state index is 0.650. The zero-order chi connectivity index (χ0) is 14.5. The van der Waals surface area contributed by atoms with Gasteiger partial charge in [-0.3, -0.25) is 0 Å². The van der Waals surface area contributed by atoms with E-state index in [4.69, 9.17) is 0 Å². The van der Waals surface area contributed by atoms with Crippen LogP contribution < -0.4 is 5.32 Å². The minimum Gasteiger partial charge on any atom is -0.314 e. The molecule has 1 aromatic heterocycles. The summed E-state index contributed by atoms with van der Waals surface area (Å²) < 4.78 is 0. The van der Waals surface area contributed by atoms with Gasteiger partial charge in [0.15, 0.2) is 0 Å². The lowest BCUT2D eigenvalue weighted by Gasteiger charge is -2.24. The van der Waals surface area contributed by atoms with E-state index in [1.165, 1.54) is 37.7 Å². The number of aryl methyl sites for hydroxylation is 1. The van der Waals surface area contributed by atoms with Crippen LogP contribution in [-0.4, -0.2) is 12.6 Å². The van der Waals surface area contributed by atoms with Crippen molar-refractivity contribution in [2.24, 2.45) is 5.92 Å². The van der Waals surface area contributed by atoms with Gasteiger partial charge in [-0.15, -0.1) is 0 Å². The van der Waals surface area contributed by atoms with Crippen LogP contribution in [0.15, 0.2) is 41.1 Å². The van der Waals surface area contributed by atoms with Crippen molar-refractivity contribution in [1.29, 1.82) is 0 Å². The maximum atomic E-state index is 3.81. The number of nitrogens with one attached hydrogen (secondary N) is 1. The first kappa shape index (κ1) is 14.8. The van der Waals surface area contributed by atoms with Crippen molar-refractivity contribution < 1.29 is 0 Å². The second-order valence-electron chi connectivity index (χ2n) is 6.17. The van der Waals surface area contributed by atoms with Crippen molar-refractivity contribution in [1.82, 2.24) is 5.32 Å². The molecule has 2 heteroatoms. The molecule has 0 saturated carbocycles. The maximum Gasteiger partial charge on any atom is 0.0105 e. The third kappa shape index (κ3) is 3.75. The number of rotatable bonds is 7. The molecule has 2 aromatic rings. The molecule has 1 aliphatic rings. The van der Waals surface area contributed by atoms with Gasteiger partial charge in [-0.2, -0.15) is 11.3 Å². The Morgan fingerprint density at radius 2 is 1.95 bits per heavy atom. The van der Waals surface area contributed by atoms with Gasteiger partial charge >= 0.3 is 0 Å². The van der Waals surface area contributed by atoms with E-state index in [1.807, 2.05) is 11.3 Å². The first-order chi connectivity index (χ1) is 10.4. The first-order valence-corrected chi connectivity index (χ1v) is 9.12. The monoisotopic (exact) mass is 299 g/mol. The fraction of sp³-hybridized carbons (Fsp3) is 0.474. The molecule has 0 aliphatic heterocycles. The average Bonchev–Trinajstić information content (AvgIpc) is 3.16. The summed E-state index contributed by atoms with van der Waals surface area (Å²) in [5.41, 5.74) is 4.64. The molecule has 0 fully saturated rings. The summed E-state index contributed by atoms with van der Waals surface area (Å²) in [5.74, 6) is 0.771. The van der Waals surface area contributed by atoms with Gasteiger partial charge in [0.2, 0.25) is 0 Å². The maximum absolute atomic E-state index is 3.81. The average molecular weight is 299 g/mol. The van der Waals surface area contributed by atoms with Gasteiger partial charge < -0.3 is 5.32 Å². The summed E-state index contributed by atoms with van der Waals surface area (Å²) in [6, 6.07) is 11.9. The molecule has 1 atom stereocenters. The van der Waals surface area contributed by atoms with Crippen molar-refractivity contribution in [2.75, 3.05) is 6.54 Å². The molecule has 112 valence electrons. The molecule has 0 radical (unpaired) electrons. The fourth-order valence-corrected chi connectivity index (χ4v) is 4.17. The first-order valence-electron chi connectivity index (χ1n) is 8.18. The normalized spacial score (nSPS) is 16.0. The quantitative estimate of drug-likeness (QED) is 0.795. The van der Waals surface area contributed by atoms with Crippen LogP contribution in [0.4, 0.5) is 0 Å². The van der Waals surface area contributed by atoms with Crippen molar-refractivity contribution >= 4 is 11.3 Å². The van der Waals surface area contributed by atoms with Gasteiger partial charge in [0, 0.05) is 6.04 Å². The highest BCUT2D eigenvalue weighted by atomic mass is 32.1. The highest BCUT2D eigenvalue weighted by molar-refractivity contribution is 7.07. The Hall–Kier alpha value is -1.12. The van der Waals surface area contributed by atoms with Crippen LogP contribution in [0.2, 0.25) is 0 Å².